The van der Waals surface area contributed by atoms with Gasteiger partial charge in [-0.25, -0.2) is 14.8 Å². The first-order valence-corrected chi connectivity index (χ1v) is 11.2. The van der Waals surface area contributed by atoms with Crippen molar-refractivity contribution in [3.8, 4) is 0 Å². The van der Waals surface area contributed by atoms with Crippen molar-refractivity contribution in [2.75, 3.05) is 5.32 Å². The predicted octanol–water partition coefficient (Wildman–Crippen LogP) is 4.99. The van der Waals surface area contributed by atoms with Crippen molar-refractivity contribution < 1.29 is 9.90 Å². The quantitative estimate of drug-likeness (QED) is 0.527. The highest BCUT2D eigenvalue weighted by Gasteiger charge is 2.35. The van der Waals surface area contributed by atoms with Crippen LogP contribution in [0.2, 0.25) is 5.15 Å². The van der Waals surface area contributed by atoms with E-state index in [0.29, 0.717) is 16.6 Å². The molecule has 2 N–H and O–H groups in total. The zero-order valence-corrected chi connectivity index (χ0v) is 19.5. The van der Waals surface area contributed by atoms with Crippen molar-refractivity contribution in [2.24, 2.45) is 7.05 Å². The first-order chi connectivity index (χ1) is 15.1. The number of rotatable bonds is 5. The molecule has 1 unspecified atom stereocenters. The molecule has 1 aliphatic carbocycles. The topological polar surface area (TPSA) is 97.1 Å². The lowest BCUT2D eigenvalue weighted by atomic mass is 9.87. The Bertz CT molecular complexity index is 1280. The molecule has 0 radical (unpaired) electrons. The number of pyridine rings is 1. The summed E-state index contributed by atoms with van der Waals surface area (Å²) in [4.78, 5) is 33.9. The zero-order valence-electron chi connectivity index (χ0n) is 18.7. The molecule has 1 aromatic carbocycles. The maximum absolute atomic E-state index is 13.3. The zero-order chi connectivity index (χ0) is 23.2. The molecule has 0 aliphatic heterocycles. The summed E-state index contributed by atoms with van der Waals surface area (Å²) >= 11 is 5.89. The molecule has 0 spiro atoms. The molecule has 32 heavy (non-hydrogen) atoms. The summed E-state index contributed by atoms with van der Waals surface area (Å²) in [7, 11) is 1.80. The van der Waals surface area contributed by atoms with E-state index in [1.165, 1.54) is 0 Å². The molecule has 0 amide bonds. The van der Waals surface area contributed by atoms with Gasteiger partial charge in [-0.2, -0.15) is 0 Å². The van der Waals surface area contributed by atoms with Gasteiger partial charge in [0.1, 0.15) is 11.0 Å². The first kappa shape index (κ1) is 22.3. The number of carbonyl (C=O) groups is 1. The fourth-order valence-electron chi connectivity index (χ4n) is 4.83. The van der Waals surface area contributed by atoms with Gasteiger partial charge in [-0.3, -0.25) is 9.36 Å². The van der Waals surface area contributed by atoms with E-state index in [-0.39, 0.29) is 27.9 Å². The van der Waals surface area contributed by atoms with Crippen molar-refractivity contribution in [3.05, 3.63) is 62.4 Å². The first-order valence-electron chi connectivity index (χ1n) is 10.8. The summed E-state index contributed by atoms with van der Waals surface area (Å²) in [6.07, 6.45) is 4.27. The van der Waals surface area contributed by atoms with Crippen molar-refractivity contribution in [2.45, 2.75) is 57.9 Å². The van der Waals surface area contributed by atoms with Gasteiger partial charge in [0.2, 0.25) is 0 Å². The maximum Gasteiger partial charge on any atom is 0.356 e. The van der Waals surface area contributed by atoms with E-state index < -0.39 is 5.97 Å². The lowest BCUT2D eigenvalue weighted by molar-refractivity contribution is 0.0691. The highest BCUT2D eigenvalue weighted by molar-refractivity contribution is 6.29. The van der Waals surface area contributed by atoms with E-state index in [1.807, 2.05) is 26.0 Å². The maximum atomic E-state index is 13.3. The summed E-state index contributed by atoms with van der Waals surface area (Å²) in [6, 6.07) is 6.70. The van der Waals surface area contributed by atoms with Crippen LogP contribution < -0.4 is 10.9 Å². The Morgan fingerprint density at radius 1 is 1.25 bits per heavy atom. The number of aromatic nitrogens is 3. The third kappa shape index (κ3) is 3.86. The van der Waals surface area contributed by atoms with E-state index in [1.54, 1.807) is 23.7 Å². The number of hydrogen-bond donors (Lipinski definition) is 2. The number of nitrogens with zero attached hydrogens (tertiary/aromatic N) is 3. The molecule has 1 atom stereocenters. The Morgan fingerprint density at radius 2 is 1.94 bits per heavy atom. The lowest BCUT2D eigenvalue weighted by Crippen LogP contribution is -2.32. The number of aryl methyl sites for hydroxylation is 1. The molecular weight excluding hydrogens is 428 g/mol. The molecule has 0 bridgehead atoms. The molecule has 1 fully saturated rings. The number of nitrogens with one attached hydrogen (secondary N) is 1. The van der Waals surface area contributed by atoms with Crippen molar-refractivity contribution in [1.29, 1.82) is 0 Å². The van der Waals surface area contributed by atoms with Crippen LogP contribution in [0.25, 0.3) is 10.9 Å². The highest BCUT2D eigenvalue weighted by Crippen LogP contribution is 2.40. The van der Waals surface area contributed by atoms with Crippen molar-refractivity contribution in [1.82, 2.24) is 14.5 Å². The lowest BCUT2D eigenvalue weighted by Gasteiger charge is -2.26. The average Bonchev–Trinajstić information content (AvgIpc) is 3.18. The van der Waals surface area contributed by atoms with Crippen LogP contribution in [0.5, 0.6) is 0 Å². The fourth-order valence-corrected chi connectivity index (χ4v) is 4.97. The number of carboxylic acid groups (broad SMARTS) is 1. The van der Waals surface area contributed by atoms with Gasteiger partial charge < -0.3 is 10.4 Å². The average molecular weight is 455 g/mol. The molecule has 168 valence electrons. The summed E-state index contributed by atoms with van der Waals surface area (Å²) in [6.45, 7) is 6.04. The second-order valence-electron chi connectivity index (χ2n) is 9.02. The van der Waals surface area contributed by atoms with Gasteiger partial charge in [-0.15, -0.1) is 0 Å². The fraction of sp³-hybridized carbons (Fsp3) is 0.417. The van der Waals surface area contributed by atoms with Crippen LogP contribution in [0.1, 0.15) is 73.0 Å². The van der Waals surface area contributed by atoms with Crippen LogP contribution in [0.3, 0.4) is 0 Å². The second-order valence-corrected chi connectivity index (χ2v) is 9.41. The summed E-state index contributed by atoms with van der Waals surface area (Å²) < 4.78 is 1.70. The van der Waals surface area contributed by atoms with Gasteiger partial charge in [0.05, 0.1) is 22.6 Å². The minimum atomic E-state index is -1.17. The molecule has 1 aliphatic rings. The molecular formula is C24H27ClN4O3. The summed E-state index contributed by atoms with van der Waals surface area (Å²) in [5, 5.41) is 13.4. The van der Waals surface area contributed by atoms with Gasteiger partial charge in [0.25, 0.3) is 5.56 Å². The SMILES string of the molecule is Cc1cc(C(C)Nc2ccc(Cl)nc2C(=O)O)c2nc(C3(C)CCCC3)n(C)c(=O)c2c1. The van der Waals surface area contributed by atoms with E-state index in [4.69, 9.17) is 16.6 Å². The number of benzene rings is 1. The van der Waals surface area contributed by atoms with E-state index in [2.05, 4.69) is 17.2 Å². The second kappa shape index (κ2) is 8.20. The summed E-state index contributed by atoms with van der Waals surface area (Å²) in [5.41, 5.74) is 2.45. The molecule has 2 aromatic heterocycles. The number of halogens is 1. The third-order valence-electron chi connectivity index (χ3n) is 6.50. The van der Waals surface area contributed by atoms with Crippen molar-refractivity contribution in [3.63, 3.8) is 0 Å². The number of anilines is 1. The van der Waals surface area contributed by atoms with E-state index in [0.717, 1.165) is 42.6 Å². The predicted molar refractivity (Wildman–Crippen MR) is 126 cm³/mol. The number of aromatic carboxylic acids is 1. The standard InChI is InChI=1S/C24H27ClN4O3/c1-13-11-15(14(2)26-17-7-8-18(25)27-20(17)22(31)32)19-16(12-13)21(30)29(4)23(28-19)24(3)9-5-6-10-24/h7-8,11-12,14,26H,5-6,9-10H2,1-4H3,(H,31,32). The monoisotopic (exact) mass is 454 g/mol. The molecule has 1 saturated carbocycles. The minimum Gasteiger partial charge on any atom is -0.476 e. The third-order valence-corrected chi connectivity index (χ3v) is 6.71. The molecule has 0 saturated heterocycles. The Morgan fingerprint density at radius 3 is 2.59 bits per heavy atom. The molecule has 8 heteroatoms. The van der Waals surface area contributed by atoms with Gasteiger partial charge >= 0.3 is 5.97 Å². The largest absolute Gasteiger partial charge is 0.476 e. The van der Waals surface area contributed by atoms with E-state index >= 15 is 0 Å². The van der Waals surface area contributed by atoms with Crippen LogP contribution >= 0.6 is 11.6 Å². The van der Waals surface area contributed by atoms with Crippen LogP contribution in [0, 0.1) is 6.92 Å². The number of hydrogen-bond acceptors (Lipinski definition) is 5. The number of carboxylic acids is 1. The van der Waals surface area contributed by atoms with Gasteiger partial charge in [-0.05, 0) is 50.5 Å². The van der Waals surface area contributed by atoms with Crippen molar-refractivity contribution >= 4 is 34.2 Å². The van der Waals surface area contributed by atoms with Crippen LogP contribution in [0.4, 0.5) is 5.69 Å². The Balaban J connectivity index is 1.86. The molecule has 7 nitrogen and oxygen atoms in total. The van der Waals surface area contributed by atoms with Crippen LogP contribution in [-0.2, 0) is 12.5 Å². The Kier molecular flexibility index (Phi) is 5.71. The Hall–Kier alpha value is -2.93. The highest BCUT2D eigenvalue weighted by atomic mass is 35.5. The summed E-state index contributed by atoms with van der Waals surface area (Å²) in [5.74, 6) is -0.357. The Labute approximate surface area is 191 Å². The molecule has 4 rings (SSSR count). The van der Waals surface area contributed by atoms with Crippen LogP contribution in [0.15, 0.2) is 29.1 Å². The van der Waals surface area contributed by atoms with E-state index in [9.17, 15) is 14.7 Å². The smallest absolute Gasteiger partial charge is 0.356 e. The van der Waals surface area contributed by atoms with Gasteiger partial charge in [0.15, 0.2) is 5.69 Å². The van der Waals surface area contributed by atoms with Crippen LogP contribution in [-0.4, -0.2) is 25.6 Å². The normalized spacial score (nSPS) is 16.3. The van der Waals surface area contributed by atoms with Gasteiger partial charge in [0, 0.05) is 18.0 Å². The molecule has 3 aromatic rings. The number of fused-ring (bicyclic) bond motifs is 1. The molecule has 2 heterocycles. The minimum absolute atomic E-state index is 0.0605. The van der Waals surface area contributed by atoms with Gasteiger partial charge in [-0.1, -0.05) is 37.4 Å².